The Morgan fingerprint density at radius 3 is 2.48 bits per heavy atom. The first-order valence-corrected chi connectivity index (χ1v) is 8.69. The van der Waals surface area contributed by atoms with E-state index in [2.05, 4.69) is 14.8 Å². The van der Waals surface area contributed by atoms with E-state index < -0.39 is 0 Å². The molecule has 25 heavy (non-hydrogen) atoms. The second kappa shape index (κ2) is 11.4. The van der Waals surface area contributed by atoms with Crippen molar-refractivity contribution < 1.29 is 9.53 Å². The molecule has 0 saturated carbocycles. The highest BCUT2D eigenvalue weighted by Crippen LogP contribution is 2.19. The van der Waals surface area contributed by atoms with Crippen LogP contribution in [-0.4, -0.2) is 56.2 Å². The van der Waals surface area contributed by atoms with E-state index in [9.17, 15) is 4.79 Å². The van der Waals surface area contributed by atoms with Gasteiger partial charge >= 0.3 is 5.97 Å². The molecule has 6 nitrogen and oxygen atoms in total. The standard InChI is InChI=1S/C17H25ClN4O2.HI/c1-2-24-16(23)4-3-9-20-17(19)22-12-10-21(11-13-22)15-7-5-14(18)6-8-15;/h5-8H,2-4,9-13H2,1H3,(H2,19,20);1H. The molecule has 0 radical (unpaired) electrons. The van der Waals surface area contributed by atoms with E-state index in [0.29, 0.717) is 32.0 Å². The lowest BCUT2D eigenvalue weighted by atomic mass is 10.2. The minimum Gasteiger partial charge on any atom is -0.466 e. The van der Waals surface area contributed by atoms with E-state index >= 15 is 0 Å². The molecule has 2 rings (SSSR count). The number of hydrogen-bond donors (Lipinski definition) is 1. The molecule has 2 N–H and O–H groups in total. The molecule has 0 amide bonds. The third kappa shape index (κ3) is 7.27. The Morgan fingerprint density at radius 1 is 1.24 bits per heavy atom. The molecular weight excluding hydrogens is 455 g/mol. The lowest BCUT2D eigenvalue weighted by Crippen LogP contribution is -2.51. The molecule has 0 spiro atoms. The summed E-state index contributed by atoms with van der Waals surface area (Å²) in [5.74, 6) is 0.373. The van der Waals surface area contributed by atoms with Crippen molar-refractivity contribution in [1.29, 1.82) is 0 Å². The zero-order valence-electron chi connectivity index (χ0n) is 14.5. The zero-order valence-corrected chi connectivity index (χ0v) is 17.6. The summed E-state index contributed by atoms with van der Waals surface area (Å²) in [4.78, 5) is 20.0. The fourth-order valence-electron chi connectivity index (χ4n) is 2.60. The molecule has 140 valence electrons. The van der Waals surface area contributed by atoms with Crippen LogP contribution in [0, 0.1) is 0 Å². The largest absolute Gasteiger partial charge is 0.466 e. The van der Waals surface area contributed by atoms with Gasteiger partial charge in [0.15, 0.2) is 5.96 Å². The van der Waals surface area contributed by atoms with Crippen LogP contribution >= 0.6 is 35.6 Å². The predicted molar refractivity (Wildman–Crippen MR) is 113 cm³/mol. The van der Waals surface area contributed by atoms with Gasteiger partial charge in [0.05, 0.1) is 6.61 Å². The molecule has 0 atom stereocenters. The molecular formula is C17H26ClIN4O2. The lowest BCUT2D eigenvalue weighted by molar-refractivity contribution is -0.143. The van der Waals surface area contributed by atoms with Gasteiger partial charge in [-0.15, -0.1) is 24.0 Å². The van der Waals surface area contributed by atoms with Gasteiger partial charge in [-0.05, 0) is 37.6 Å². The number of halogens is 2. The van der Waals surface area contributed by atoms with E-state index in [4.69, 9.17) is 22.1 Å². The number of nitrogens with zero attached hydrogens (tertiary/aromatic N) is 3. The van der Waals surface area contributed by atoms with Crippen LogP contribution in [0.4, 0.5) is 5.69 Å². The molecule has 0 bridgehead atoms. The normalized spacial score (nSPS) is 14.9. The average molecular weight is 481 g/mol. The number of ether oxygens (including phenoxy) is 1. The second-order valence-electron chi connectivity index (χ2n) is 5.60. The van der Waals surface area contributed by atoms with Crippen LogP contribution in [-0.2, 0) is 9.53 Å². The maximum absolute atomic E-state index is 11.3. The van der Waals surface area contributed by atoms with Crippen LogP contribution in [0.15, 0.2) is 29.3 Å². The Balaban J connectivity index is 0.00000312. The highest BCUT2D eigenvalue weighted by Gasteiger charge is 2.18. The number of guanidine groups is 1. The highest BCUT2D eigenvalue weighted by molar-refractivity contribution is 14.0. The summed E-state index contributed by atoms with van der Waals surface area (Å²) < 4.78 is 4.88. The smallest absolute Gasteiger partial charge is 0.305 e. The topological polar surface area (TPSA) is 71.2 Å². The Bertz CT molecular complexity index is 560. The van der Waals surface area contributed by atoms with Gasteiger partial charge in [-0.2, -0.15) is 0 Å². The number of esters is 1. The van der Waals surface area contributed by atoms with Gasteiger partial charge in [0.1, 0.15) is 0 Å². The van der Waals surface area contributed by atoms with Gasteiger partial charge < -0.3 is 20.3 Å². The van der Waals surface area contributed by atoms with Crippen LogP contribution < -0.4 is 10.6 Å². The van der Waals surface area contributed by atoms with Gasteiger partial charge in [0.2, 0.25) is 0 Å². The van der Waals surface area contributed by atoms with Gasteiger partial charge in [-0.25, -0.2) is 0 Å². The minimum absolute atomic E-state index is 0. The number of piperazine rings is 1. The summed E-state index contributed by atoms with van der Waals surface area (Å²) in [5, 5.41) is 0.747. The summed E-state index contributed by atoms with van der Waals surface area (Å²) in [6.07, 6.45) is 1.04. The minimum atomic E-state index is -0.178. The summed E-state index contributed by atoms with van der Waals surface area (Å²) >= 11 is 5.92. The van der Waals surface area contributed by atoms with Gasteiger partial charge in [-0.1, -0.05) is 11.6 Å². The van der Waals surface area contributed by atoms with Crippen LogP contribution in [0.25, 0.3) is 0 Å². The Morgan fingerprint density at radius 2 is 1.88 bits per heavy atom. The van der Waals surface area contributed by atoms with Crippen molar-refractivity contribution in [1.82, 2.24) is 4.90 Å². The molecule has 8 heteroatoms. The average Bonchev–Trinajstić information content (AvgIpc) is 2.60. The van der Waals surface area contributed by atoms with Crippen molar-refractivity contribution in [3.05, 3.63) is 29.3 Å². The molecule has 1 saturated heterocycles. The molecule has 1 fully saturated rings. The number of aliphatic imine (C=N–C) groups is 1. The number of hydrogen-bond acceptors (Lipinski definition) is 4. The number of carbonyl (C=O) groups is 1. The zero-order chi connectivity index (χ0) is 17.4. The quantitative estimate of drug-likeness (QED) is 0.223. The van der Waals surface area contributed by atoms with Crippen molar-refractivity contribution in [3.8, 4) is 0 Å². The number of nitrogens with two attached hydrogens (primary N) is 1. The van der Waals surface area contributed by atoms with Gasteiger partial charge in [0.25, 0.3) is 0 Å². The first-order chi connectivity index (χ1) is 11.6. The fourth-order valence-corrected chi connectivity index (χ4v) is 2.72. The first kappa shape index (κ1) is 21.8. The van der Waals surface area contributed by atoms with E-state index in [1.54, 1.807) is 6.92 Å². The van der Waals surface area contributed by atoms with Crippen LogP contribution in [0.3, 0.4) is 0 Å². The lowest BCUT2D eigenvalue weighted by Gasteiger charge is -2.36. The van der Waals surface area contributed by atoms with Gasteiger partial charge in [-0.3, -0.25) is 9.79 Å². The number of rotatable bonds is 6. The molecule has 0 aliphatic carbocycles. The fraction of sp³-hybridized carbons (Fsp3) is 0.529. The molecule has 1 heterocycles. The SMILES string of the molecule is CCOC(=O)CCCN=C(N)N1CCN(c2ccc(Cl)cc2)CC1.I. The third-order valence-electron chi connectivity index (χ3n) is 3.91. The van der Waals surface area contributed by atoms with Crippen LogP contribution in [0.1, 0.15) is 19.8 Å². The van der Waals surface area contributed by atoms with Crippen molar-refractivity contribution in [2.24, 2.45) is 10.7 Å². The van der Waals surface area contributed by atoms with E-state index in [1.165, 1.54) is 5.69 Å². The Labute approximate surface area is 171 Å². The summed E-state index contributed by atoms with van der Waals surface area (Å²) in [7, 11) is 0. The third-order valence-corrected chi connectivity index (χ3v) is 4.17. The number of benzene rings is 1. The van der Waals surface area contributed by atoms with E-state index in [0.717, 1.165) is 31.2 Å². The highest BCUT2D eigenvalue weighted by atomic mass is 127. The van der Waals surface area contributed by atoms with Crippen molar-refractivity contribution in [2.45, 2.75) is 19.8 Å². The number of anilines is 1. The molecule has 1 aliphatic rings. The maximum Gasteiger partial charge on any atom is 0.305 e. The van der Waals surface area contributed by atoms with Crippen LogP contribution in [0.2, 0.25) is 5.02 Å². The predicted octanol–water partition coefficient (Wildman–Crippen LogP) is 2.74. The summed E-state index contributed by atoms with van der Waals surface area (Å²) in [5.41, 5.74) is 7.22. The van der Waals surface area contributed by atoms with Crippen molar-refractivity contribution in [3.63, 3.8) is 0 Å². The number of carbonyl (C=O) groups excluding carboxylic acids is 1. The first-order valence-electron chi connectivity index (χ1n) is 8.31. The Hall–Kier alpha value is -1.22. The second-order valence-corrected chi connectivity index (χ2v) is 6.04. The summed E-state index contributed by atoms with van der Waals surface area (Å²) in [6.45, 7) is 6.20. The van der Waals surface area contributed by atoms with Crippen LogP contribution in [0.5, 0.6) is 0 Å². The van der Waals surface area contributed by atoms with Crippen molar-refractivity contribution >= 4 is 53.2 Å². The Kier molecular flexibility index (Phi) is 9.96. The van der Waals surface area contributed by atoms with E-state index in [1.807, 2.05) is 24.3 Å². The monoisotopic (exact) mass is 480 g/mol. The molecule has 0 aromatic heterocycles. The molecule has 1 aromatic rings. The van der Waals surface area contributed by atoms with E-state index in [-0.39, 0.29) is 29.9 Å². The van der Waals surface area contributed by atoms with Gasteiger partial charge in [0, 0.05) is 49.9 Å². The molecule has 1 aromatic carbocycles. The molecule has 1 aliphatic heterocycles. The molecule has 0 unspecified atom stereocenters. The maximum atomic E-state index is 11.3. The van der Waals surface area contributed by atoms with Crippen molar-refractivity contribution in [2.75, 3.05) is 44.2 Å². The summed E-state index contributed by atoms with van der Waals surface area (Å²) in [6, 6.07) is 7.88.